The highest BCUT2D eigenvalue weighted by molar-refractivity contribution is 7.81. The monoisotopic (exact) mass is 187 g/mol. The molecule has 0 aromatic carbocycles. The Morgan fingerprint density at radius 1 is 1.58 bits per heavy atom. The van der Waals surface area contributed by atoms with E-state index in [0.717, 1.165) is 31.6 Å². The van der Waals surface area contributed by atoms with Crippen LogP contribution in [-0.2, 0) is 0 Å². The predicted molar refractivity (Wildman–Crippen MR) is 51.6 cm³/mol. The molecule has 0 unspecified atom stereocenters. The van der Waals surface area contributed by atoms with Crippen LogP contribution in [0.1, 0.15) is 12.8 Å². The number of amidine groups is 1. The molecule has 0 aromatic rings. The van der Waals surface area contributed by atoms with E-state index in [-0.39, 0.29) is 0 Å². The summed E-state index contributed by atoms with van der Waals surface area (Å²) in [7, 11) is 0. The molecule has 0 amide bonds. The third-order valence-corrected chi connectivity index (χ3v) is 2.31. The highest BCUT2D eigenvalue weighted by Crippen LogP contribution is 2.07. The Morgan fingerprint density at radius 2 is 2.17 bits per heavy atom. The number of nitrogens with zero attached hydrogens (tertiary/aromatic N) is 2. The molecular formula is C7H13N3OS. The minimum Gasteiger partial charge on any atom is -0.411 e. The zero-order chi connectivity index (χ0) is 8.97. The van der Waals surface area contributed by atoms with Crippen LogP contribution in [0, 0.1) is 5.41 Å². The van der Waals surface area contributed by atoms with Gasteiger partial charge in [0.15, 0.2) is 0 Å². The quantitative estimate of drug-likeness (QED) is 0.187. The summed E-state index contributed by atoms with van der Waals surface area (Å²) in [5, 5.41) is 19.1. The summed E-state index contributed by atoms with van der Waals surface area (Å²) in [5.41, 5.74) is 0.832. The fourth-order valence-electron chi connectivity index (χ4n) is 1.23. The van der Waals surface area contributed by atoms with E-state index in [1.807, 2.05) is 4.90 Å². The van der Waals surface area contributed by atoms with Gasteiger partial charge in [0.2, 0.25) is 0 Å². The number of piperidine rings is 1. The van der Waals surface area contributed by atoms with Crippen molar-refractivity contribution in [2.45, 2.75) is 12.8 Å². The maximum absolute atomic E-state index is 8.47. The lowest BCUT2D eigenvalue weighted by atomic mass is 10.1. The summed E-state index contributed by atoms with van der Waals surface area (Å²) in [5.74, 6) is 1.03. The summed E-state index contributed by atoms with van der Waals surface area (Å²) in [4.78, 5) is 1.96. The van der Waals surface area contributed by atoms with E-state index in [1.54, 1.807) is 0 Å². The third kappa shape index (κ3) is 2.14. The normalized spacial score (nSPS) is 17.8. The molecule has 0 bridgehead atoms. The molecule has 0 atom stereocenters. The Balaban J connectivity index is 2.41. The smallest absolute Gasteiger partial charge is 0.106 e. The number of likely N-dealkylation sites (tertiary alicyclic amines) is 1. The molecule has 0 radical (unpaired) electrons. The lowest BCUT2D eigenvalue weighted by Crippen LogP contribution is -2.38. The van der Waals surface area contributed by atoms with Crippen molar-refractivity contribution in [1.82, 2.24) is 4.90 Å². The van der Waals surface area contributed by atoms with E-state index in [2.05, 4.69) is 17.8 Å². The number of nitrogens with one attached hydrogen (secondary N) is 1. The van der Waals surface area contributed by atoms with Gasteiger partial charge in [-0.05, 0) is 0 Å². The molecule has 1 fully saturated rings. The van der Waals surface area contributed by atoms with Crippen LogP contribution in [0.5, 0.6) is 0 Å². The highest BCUT2D eigenvalue weighted by Gasteiger charge is 2.16. The Morgan fingerprint density at radius 3 is 2.58 bits per heavy atom. The van der Waals surface area contributed by atoms with E-state index in [9.17, 15) is 0 Å². The molecule has 12 heavy (non-hydrogen) atoms. The number of rotatable bonds is 1. The molecule has 0 spiro atoms. The second-order valence-corrected chi connectivity index (χ2v) is 3.07. The second-order valence-electron chi connectivity index (χ2n) is 2.76. The van der Waals surface area contributed by atoms with E-state index in [1.165, 1.54) is 0 Å². The van der Waals surface area contributed by atoms with Crippen LogP contribution in [0.2, 0.25) is 0 Å². The van der Waals surface area contributed by atoms with Crippen molar-refractivity contribution in [2.24, 2.45) is 5.16 Å². The van der Waals surface area contributed by atoms with Gasteiger partial charge in [-0.2, -0.15) is 12.6 Å². The fourth-order valence-corrected chi connectivity index (χ4v) is 1.43. The van der Waals surface area contributed by atoms with Crippen molar-refractivity contribution < 1.29 is 5.21 Å². The van der Waals surface area contributed by atoms with Gasteiger partial charge >= 0.3 is 0 Å². The average Bonchev–Trinajstić information content (AvgIpc) is 2.17. The fraction of sp³-hybridized carbons (Fsp3) is 0.714. The molecule has 68 valence electrons. The Kier molecular flexibility index (Phi) is 3.40. The standard InChI is InChI=1S/C7H13N3OS/c8-7(5-12)10-3-1-6(9-11)2-4-10/h8,11-12H,1-5H2. The zero-order valence-corrected chi connectivity index (χ0v) is 7.72. The molecule has 1 rings (SSSR count). The summed E-state index contributed by atoms with van der Waals surface area (Å²) < 4.78 is 0. The van der Waals surface area contributed by atoms with E-state index in [0.29, 0.717) is 11.6 Å². The predicted octanol–water partition coefficient (Wildman–Crippen LogP) is 0.819. The van der Waals surface area contributed by atoms with E-state index in [4.69, 9.17) is 10.6 Å². The first kappa shape index (κ1) is 9.38. The van der Waals surface area contributed by atoms with Gasteiger partial charge in [0.25, 0.3) is 0 Å². The van der Waals surface area contributed by atoms with Gasteiger partial charge in [-0.25, -0.2) is 0 Å². The van der Waals surface area contributed by atoms with Crippen molar-refractivity contribution in [1.29, 1.82) is 5.41 Å². The van der Waals surface area contributed by atoms with Gasteiger partial charge in [-0.3, -0.25) is 5.41 Å². The molecule has 4 nitrogen and oxygen atoms in total. The van der Waals surface area contributed by atoms with E-state index < -0.39 is 0 Å². The molecule has 1 aliphatic heterocycles. The summed E-state index contributed by atoms with van der Waals surface area (Å²) in [6.45, 7) is 1.55. The first-order valence-electron chi connectivity index (χ1n) is 3.91. The van der Waals surface area contributed by atoms with Crippen LogP contribution in [0.4, 0.5) is 0 Å². The Hall–Kier alpha value is -0.710. The van der Waals surface area contributed by atoms with E-state index >= 15 is 0 Å². The molecule has 0 saturated carbocycles. The maximum atomic E-state index is 8.47. The number of hydrogen-bond donors (Lipinski definition) is 3. The molecule has 0 aliphatic carbocycles. The molecule has 2 N–H and O–H groups in total. The van der Waals surface area contributed by atoms with Crippen LogP contribution < -0.4 is 0 Å². The second kappa shape index (κ2) is 4.35. The molecule has 1 saturated heterocycles. The third-order valence-electron chi connectivity index (χ3n) is 2.01. The zero-order valence-electron chi connectivity index (χ0n) is 6.82. The van der Waals surface area contributed by atoms with Crippen molar-refractivity contribution in [2.75, 3.05) is 18.8 Å². The minimum absolute atomic E-state index is 0.478. The van der Waals surface area contributed by atoms with Crippen molar-refractivity contribution in [3.8, 4) is 0 Å². The van der Waals surface area contributed by atoms with Crippen LogP contribution in [0.25, 0.3) is 0 Å². The molecule has 0 aromatic heterocycles. The van der Waals surface area contributed by atoms with Crippen LogP contribution in [0.3, 0.4) is 0 Å². The van der Waals surface area contributed by atoms with Crippen LogP contribution in [-0.4, -0.2) is 40.5 Å². The van der Waals surface area contributed by atoms with Gasteiger partial charge in [-0.15, -0.1) is 0 Å². The first-order chi connectivity index (χ1) is 5.77. The lowest BCUT2D eigenvalue weighted by Gasteiger charge is -2.28. The lowest BCUT2D eigenvalue weighted by molar-refractivity contribution is 0.309. The summed E-state index contributed by atoms with van der Waals surface area (Å²) in [6, 6.07) is 0. The highest BCUT2D eigenvalue weighted by atomic mass is 32.1. The summed E-state index contributed by atoms with van der Waals surface area (Å²) in [6.07, 6.45) is 1.51. The van der Waals surface area contributed by atoms with Crippen molar-refractivity contribution in [3.63, 3.8) is 0 Å². The SMILES string of the molecule is N=C(CS)N1CCC(=NO)CC1. The topological polar surface area (TPSA) is 59.7 Å². The minimum atomic E-state index is 0.478. The number of hydrogen-bond acceptors (Lipinski definition) is 4. The summed E-state index contributed by atoms with van der Waals surface area (Å²) >= 11 is 4.03. The molecule has 1 heterocycles. The molecule has 5 heteroatoms. The van der Waals surface area contributed by atoms with Gasteiger partial charge in [0.1, 0.15) is 5.84 Å². The van der Waals surface area contributed by atoms with Gasteiger partial charge in [0.05, 0.1) is 5.71 Å². The van der Waals surface area contributed by atoms with Gasteiger partial charge in [-0.1, -0.05) is 5.16 Å². The molecular weight excluding hydrogens is 174 g/mol. The first-order valence-corrected chi connectivity index (χ1v) is 4.54. The average molecular weight is 187 g/mol. The largest absolute Gasteiger partial charge is 0.411 e. The van der Waals surface area contributed by atoms with Crippen molar-refractivity contribution >= 4 is 24.2 Å². The van der Waals surface area contributed by atoms with Gasteiger partial charge < -0.3 is 10.1 Å². The Bertz CT molecular complexity index is 195. The van der Waals surface area contributed by atoms with Crippen molar-refractivity contribution in [3.05, 3.63) is 0 Å². The maximum Gasteiger partial charge on any atom is 0.106 e. The number of thiol groups is 1. The Labute approximate surface area is 77.2 Å². The number of oxime groups is 1. The van der Waals surface area contributed by atoms with Crippen LogP contribution >= 0.6 is 12.6 Å². The van der Waals surface area contributed by atoms with Gasteiger partial charge in [0, 0.05) is 31.7 Å². The molecule has 1 aliphatic rings. The van der Waals surface area contributed by atoms with Crippen LogP contribution in [0.15, 0.2) is 5.16 Å².